The second kappa shape index (κ2) is 8.55. The summed E-state index contributed by atoms with van der Waals surface area (Å²) in [6.45, 7) is 3.27. The molecule has 2 amide bonds. The number of hydrogen-bond donors (Lipinski definition) is 1. The van der Waals surface area contributed by atoms with Crippen molar-refractivity contribution in [1.82, 2.24) is 0 Å². The monoisotopic (exact) mass is 394 g/mol. The van der Waals surface area contributed by atoms with E-state index in [-0.39, 0.29) is 24.3 Å². The number of carbonyl (C=O) groups excluding carboxylic acids is 2. The van der Waals surface area contributed by atoms with Crippen molar-refractivity contribution >= 4 is 23.2 Å². The Morgan fingerprint density at radius 1 is 1.21 bits per heavy atom. The lowest BCUT2D eigenvalue weighted by Gasteiger charge is -2.30. The molecule has 0 unspecified atom stereocenters. The van der Waals surface area contributed by atoms with Crippen molar-refractivity contribution in [3.63, 3.8) is 0 Å². The third-order valence-electron chi connectivity index (χ3n) is 5.15. The maximum atomic E-state index is 12.4. The summed E-state index contributed by atoms with van der Waals surface area (Å²) in [5.74, 6) is 1.66. The Labute approximate surface area is 170 Å². The van der Waals surface area contributed by atoms with Crippen LogP contribution in [0.2, 0.25) is 0 Å². The molecule has 2 aromatic rings. The summed E-state index contributed by atoms with van der Waals surface area (Å²) in [5.41, 5.74) is 2.59. The number of amides is 2. The molecule has 0 bridgehead atoms. The van der Waals surface area contributed by atoms with Gasteiger partial charge in [-0.15, -0.1) is 0 Å². The van der Waals surface area contributed by atoms with Crippen LogP contribution < -0.4 is 19.7 Å². The first-order chi connectivity index (χ1) is 14.1. The number of carbonyl (C=O) groups is 2. The van der Waals surface area contributed by atoms with E-state index in [0.717, 1.165) is 37.1 Å². The molecule has 1 heterocycles. The van der Waals surface area contributed by atoms with Gasteiger partial charge >= 0.3 is 0 Å². The molecule has 0 spiro atoms. The number of nitrogens with one attached hydrogen (secondary N) is 1. The van der Waals surface area contributed by atoms with Gasteiger partial charge in [0, 0.05) is 18.2 Å². The highest BCUT2D eigenvalue weighted by molar-refractivity contribution is 6.00. The lowest BCUT2D eigenvalue weighted by molar-refractivity contribution is -0.121. The summed E-state index contributed by atoms with van der Waals surface area (Å²) in [5, 5.41) is 2.94. The molecule has 2 aliphatic rings. The average Bonchev–Trinajstić information content (AvgIpc) is 3.55. The fraction of sp³-hybridized carbons (Fsp3) is 0.391. The largest absolute Gasteiger partial charge is 0.494 e. The number of unbranched alkanes of at least 4 members (excludes halogenated alkanes) is 1. The Morgan fingerprint density at radius 3 is 2.86 bits per heavy atom. The first kappa shape index (κ1) is 19.3. The van der Waals surface area contributed by atoms with E-state index in [1.807, 2.05) is 49.4 Å². The minimum Gasteiger partial charge on any atom is -0.494 e. The highest BCUT2D eigenvalue weighted by Crippen LogP contribution is 2.36. The smallest absolute Gasteiger partial charge is 0.265 e. The van der Waals surface area contributed by atoms with E-state index in [9.17, 15) is 9.59 Å². The van der Waals surface area contributed by atoms with Crippen molar-refractivity contribution in [2.24, 2.45) is 5.92 Å². The van der Waals surface area contributed by atoms with Gasteiger partial charge in [-0.2, -0.15) is 0 Å². The molecule has 152 valence electrons. The highest BCUT2D eigenvalue weighted by Gasteiger charge is 2.30. The summed E-state index contributed by atoms with van der Waals surface area (Å²) in [6, 6.07) is 13.4. The van der Waals surface area contributed by atoms with Crippen LogP contribution in [0.5, 0.6) is 11.5 Å². The molecule has 6 heteroatoms. The van der Waals surface area contributed by atoms with Crippen LogP contribution in [0, 0.1) is 12.8 Å². The highest BCUT2D eigenvalue weighted by atomic mass is 16.5. The number of rotatable bonds is 8. The number of benzene rings is 2. The SMILES string of the molecule is Cc1cccc(OCCCCN2C(=O)COc3ccc(NC(=O)C4CC4)cc32)c1. The van der Waals surface area contributed by atoms with Crippen LogP contribution in [0.15, 0.2) is 42.5 Å². The molecule has 0 saturated heterocycles. The molecule has 0 radical (unpaired) electrons. The minimum absolute atomic E-state index is 0.0422. The van der Waals surface area contributed by atoms with Crippen molar-refractivity contribution in [1.29, 1.82) is 0 Å². The zero-order valence-corrected chi connectivity index (χ0v) is 16.6. The Balaban J connectivity index is 1.33. The zero-order valence-electron chi connectivity index (χ0n) is 16.6. The van der Waals surface area contributed by atoms with Crippen LogP contribution in [0.1, 0.15) is 31.2 Å². The lowest BCUT2D eigenvalue weighted by atomic mass is 10.2. The molecule has 1 N–H and O–H groups in total. The topological polar surface area (TPSA) is 67.9 Å². The van der Waals surface area contributed by atoms with Crippen molar-refractivity contribution in [2.75, 3.05) is 30.0 Å². The quantitative estimate of drug-likeness (QED) is 0.689. The van der Waals surface area contributed by atoms with Gasteiger partial charge in [-0.05, 0) is 68.5 Å². The molecule has 0 atom stereocenters. The summed E-state index contributed by atoms with van der Waals surface area (Å²) in [6.07, 6.45) is 3.56. The predicted molar refractivity (Wildman–Crippen MR) is 112 cm³/mol. The van der Waals surface area contributed by atoms with Gasteiger partial charge in [0.2, 0.25) is 5.91 Å². The molecule has 1 saturated carbocycles. The van der Waals surface area contributed by atoms with Crippen LogP contribution >= 0.6 is 0 Å². The second-order valence-electron chi connectivity index (χ2n) is 7.65. The van der Waals surface area contributed by atoms with Crippen molar-refractivity contribution in [3.05, 3.63) is 48.0 Å². The molecule has 2 aromatic carbocycles. The number of hydrogen-bond acceptors (Lipinski definition) is 4. The first-order valence-corrected chi connectivity index (χ1v) is 10.2. The van der Waals surface area contributed by atoms with Crippen molar-refractivity contribution in [3.8, 4) is 11.5 Å². The minimum atomic E-state index is -0.0669. The van der Waals surface area contributed by atoms with Crippen molar-refractivity contribution in [2.45, 2.75) is 32.6 Å². The third kappa shape index (κ3) is 4.88. The number of fused-ring (bicyclic) bond motifs is 1. The average molecular weight is 394 g/mol. The standard InChI is InChI=1S/C23H26N2O4/c1-16-5-4-6-19(13-16)28-12-3-2-11-25-20-14-18(24-23(27)17-7-8-17)9-10-21(20)29-15-22(25)26/h4-6,9-10,13-14,17H,2-3,7-8,11-12,15H2,1H3,(H,24,27). The van der Waals surface area contributed by atoms with Gasteiger partial charge < -0.3 is 19.7 Å². The second-order valence-corrected chi connectivity index (χ2v) is 7.65. The first-order valence-electron chi connectivity index (χ1n) is 10.2. The number of nitrogens with zero attached hydrogens (tertiary/aromatic N) is 1. The van der Waals surface area contributed by atoms with Crippen molar-refractivity contribution < 1.29 is 19.1 Å². The van der Waals surface area contributed by atoms with E-state index < -0.39 is 0 Å². The molecule has 6 nitrogen and oxygen atoms in total. The Hall–Kier alpha value is -3.02. The Kier molecular flexibility index (Phi) is 5.69. The number of anilines is 2. The summed E-state index contributed by atoms with van der Waals surface area (Å²) < 4.78 is 11.3. The van der Waals surface area contributed by atoms with Gasteiger partial charge in [0.05, 0.1) is 12.3 Å². The van der Waals surface area contributed by atoms with E-state index in [2.05, 4.69) is 5.32 Å². The molecule has 1 fully saturated rings. The molecule has 29 heavy (non-hydrogen) atoms. The van der Waals surface area contributed by atoms with E-state index in [0.29, 0.717) is 24.6 Å². The van der Waals surface area contributed by atoms with Gasteiger partial charge in [-0.25, -0.2) is 0 Å². The normalized spacial score (nSPS) is 15.5. The van der Waals surface area contributed by atoms with Gasteiger partial charge in [0.25, 0.3) is 5.91 Å². The molecule has 1 aliphatic carbocycles. The molecular formula is C23H26N2O4. The van der Waals surface area contributed by atoms with E-state index in [1.165, 1.54) is 5.56 Å². The maximum Gasteiger partial charge on any atom is 0.265 e. The predicted octanol–water partition coefficient (Wildman–Crippen LogP) is 3.93. The fourth-order valence-electron chi connectivity index (χ4n) is 3.38. The maximum absolute atomic E-state index is 12.4. The molecule has 0 aromatic heterocycles. The van der Waals surface area contributed by atoms with Crippen LogP contribution in [-0.4, -0.2) is 31.6 Å². The summed E-state index contributed by atoms with van der Waals surface area (Å²) in [4.78, 5) is 26.2. The van der Waals surface area contributed by atoms with Crippen LogP contribution in [0.4, 0.5) is 11.4 Å². The fourth-order valence-corrected chi connectivity index (χ4v) is 3.38. The van der Waals surface area contributed by atoms with Gasteiger partial charge in [0.1, 0.15) is 11.5 Å². The van der Waals surface area contributed by atoms with Crippen LogP contribution in [0.25, 0.3) is 0 Å². The molecular weight excluding hydrogens is 368 g/mol. The molecule has 1 aliphatic heterocycles. The van der Waals surface area contributed by atoms with E-state index in [1.54, 1.807) is 4.90 Å². The van der Waals surface area contributed by atoms with Crippen LogP contribution in [0.3, 0.4) is 0 Å². The van der Waals surface area contributed by atoms with E-state index >= 15 is 0 Å². The lowest BCUT2D eigenvalue weighted by Crippen LogP contribution is -2.39. The summed E-state index contributed by atoms with van der Waals surface area (Å²) in [7, 11) is 0. The van der Waals surface area contributed by atoms with E-state index in [4.69, 9.17) is 9.47 Å². The number of aryl methyl sites for hydroxylation is 1. The zero-order chi connectivity index (χ0) is 20.2. The Morgan fingerprint density at radius 2 is 2.07 bits per heavy atom. The van der Waals surface area contributed by atoms with Gasteiger partial charge in [-0.3, -0.25) is 9.59 Å². The van der Waals surface area contributed by atoms with Gasteiger partial charge in [-0.1, -0.05) is 12.1 Å². The van der Waals surface area contributed by atoms with Crippen LogP contribution in [-0.2, 0) is 9.59 Å². The van der Waals surface area contributed by atoms with Gasteiger partial charge in [0.15, 0.2) is 6.61 Å². The molecule has 4 rings (SSSR count). The number of ether oxygens (including phenoxy) is 2. The Bertz CT molecular complexity index is 908. The summed E-state index contributed by atoms with van der Waals surface area (Å²) >= 11 is 0. The third-order valence-corrected chi connectivity index (χ3v) is 5.15.